The molecule has 0 spiro atoms. The lowest BCUT2D eigenvalue weighted by Crippen LogP contribution is -2.51. The molecule has 7 nitrogen and oxygen atoms in total. The quantitative estimate of drug-likeness (QED) is 0.528. The predicted molar refractivity (Wildman–Crippen MR) is 117 cm³/mol. The van der Waals surface area contributed by atoms with Crippen LogP contribution in [0.2, 0.25) is 0 Å². The smallest absolute Gasteiger partial charge is 0.407 e. The first-order valence-electron chi connectivity index (χ1n) is 10.6. The Morgan fingerprint density at radius 1 is 1.03 bits per heavy atom. The summed E-state index contributed by atoms with van der Waals surface area (Å²) < 4.78 is 32.0. The summed E-state index contributed by atoms with van der Waals surface area (Å²) >= 11 is 0. The lowest BCUT2D eigenvalue weighted by atomic mass is 9.98. The first kappa shape index (κ1) is 24.2. The minimum atomic E-state index is -4.11. The molecule has 0 fully saturated rings. The van der Waals surface area contributed by atoms with E-state index in [9.17, 15) is 23.2 Å². The number of carbonyl (C=O) groups excluding carboxylic acids is 2. The second-order valence-corrected chi connectivity index (χ2v) is 8.38. The number of rotatable bonds is 9. The second kappa shape index (κ2) is 9.97. The number of aliphatic carboxylic acids is 1. The number of alkyl carbamates (subject to hydrolysis) is 1. The van der Waals surface area contributed by atoms with E-state index in [4.69, 9.17) is 9.84 Å². The van der Waals surface area contributed by atoms with Gasteiger partial charge in [0.15, 0.2) is 0 Å². The van der Waals surface area contributed by atoms with Gasteiger partial charge in [-0.3, -0.25) is 4.79 Å². The number of benzene rings is 2. The molecule has 2 aromatic rings. The third-order valence-corrected chi connectivity index (χ3v) is 5.46. The van der Waals surface area contributed by atoms with Crippen LogP contribution in [-0.4, -0.2) is 48.2 Å². The average molecular weight is 460 g/mol. The molecular weight excluding hydrogens is 434 g/mol. The summed E-state index contributed by atoms with van der Waals surface area (Å²) in [4.78, 5) is 35.4. The van der Waals surface area contributed by atoms with Crippen molar-refractivity contribution in [2.24, 2.45) is 5.92 Å². The number of carboxylic acid groups (broad SMARTS) is 1. The van der Waals surface area contributed by atoms with Crippen LogP contribution in [0, 0.1) is 5.92 Å². The van der Waals surface area contributed by atoms with Crippen LogP contribution in [0.3, 0.4) is 0 Å². The van der Waals surface area contributed by atoms with Crippen molar-refractivity contribution in [1.82, 2.24) is 10.6 Å². The summed E-state index contributed by atoms with van der Waals surface area (Å²) in [7, 11) is 0. The van der Waals surface area contributed by atoms with Gasteiger partial charge in [0.05, 0.1) is 6.54 Å². The Balaban J connectivity index is 1.64. The Morgan fingerprint density at radius 3 is 2.09 bits per heavy atom. The van der Waals surface area contributed by atoms with Crippen molar-refractivity contribution < 1.29 is 33.0 Å². The van der Waals surface area contributed by atoms with Gasteiger partial charge < -0.3 is 20.5 Å². The maximum absolute atomic E-state index is 13.3. The molecule has 0 saturated carbocycles. The Labute approximate surface area is 190 Å². The molecule has 1 atom stereocenters. The highest BCUT2D eigenvalue weighted by molar-refractivity contribution is 5.86. The van der Waals surface area contributed by atoms with Gasteiger partial charge in [0, 0.05) is 5.92 Å². The molecule has 1 aliphatic carbocycles. The van der Waals surface area contributed by atoms with Gasteiger partial charge in [-0.2, -0.15) is 8.78 Å². The number of ether oxygens (including phenoxy) is 1. The normalized spacial score (nSPS) is 13.7. The van der Waals surface area contributed by atoms with Crippen molar-refractivity contribution in [3.63, 3.8) is 0 Å². The van der Waals surface area contributed by atoms with E-state index in [-0.39, 0.29) is 24.9 Å². The Bertz CT molecular complexity index is 996. The van der Waals surface area contributed by atoms with Crippen LogP contribution in [0.5, 0.6) is 0 Å². The zero-order chi connectivity index (χ0) is 24.2. The third-order valence-electron chi connectivity index (χ3n) is 5.46. The van der Waals surface area contributed by atoms with E-state index in [0.717, 1.165) is 22.3 Å². The standard InChI is InChI=1S/C24H26F2N2O5/c1-14(2)11-20(21(29)27-13-24(25,26)22(30)31)28-23(32)33-12-19-17-9-5-3-7-15(17)16-8-4-6-10-18(16)19/h3-10,14,19-20H,11-13H2,1-2H3,(H,27,29)(H,28,32)(H,30,31). The number of amides is 2. The maximum Gasteiger partial charge on any atom is 0.407 e. The molecule has 2 amide bonds. The molecule has 176 valence electrons. The lowest BCUT2D eigenvalue weighted by Gasteiger charge is -2.22. The fourth-order valence-corrected chi connectivity index (χ4v) is 3.88. The molecule has 0 heterocycles. The molecule has 0 bridgehead atoms. The van der Waals surface area contributed by atoms with E-state index >= 15 is 0 Å². The Morgan fingerprint density at radius 2 is 1.58 bits per heavy atom. The summed E-state index contributed by atoms with van der Waals surface area (Å²) in [5.74, 6) is -7.57. The summed E-state index contributed by atoms with van der Waals surface area (Å²) in [5, 5.41) is 12.8. The Hall–Kier alpha value is -3.49. The highest BCUT2D eigenvalue weighted by atomic mass is 19.3. The summed E-state index contributed by atoms with van der Waals surface area (Å²) in [5.41, 5.74) is 4.19. The van der Waals surface area contributed by atoms with Gasteiger partial charge in [0.25, 0.3) is 0 Å². The fraction of sp³-hybridized carbons (Fsp3) is 0.375. The fourth-order valence-electron chi connectivity index (χ4n) is 3.88. The number of alkyl halides is 2. The van der Waals surface area contributed by atoms with E-state index < -0.39 is 36.5 Å². The van der Waals surface area contributed by atoms with Gasteiger partial charge >= 0.3 is 18.0 Å². The van der Waals surface area contributed by atoms with Crippen molar-refractivity contribution in [3.05, 3.63) is 59.7 Å². The van der Waals surface area contributed by atoms with Crippen LogP contribution in [0.15, 0.2) is 48.5 Å². The molecule has 0 radical (unpaired) electrons. The average Bonchev–Trinajstić information content (AvgIpc) is 3.09. The van der Waals surface area contributed by atoms with Crippen LogP contribution >= 0.6 is 0 Å². The van der Waals surface area contributed by atoms with E-state index in [1.165, 1.54) is 0 Å². The lowest BCUT2D eigenvalue weighted by molar-refractivity contribution is -0.164. The topological polar surface area (TPSA) is 105 Å². The zero-order valence-electron chi connectivity index (χ0n) is 18.3. The second-order valence-electron chi connectivity index (χ2n) is 8.38. The molecular formula is C24H26F2N2O5. The number of fused-ring (bicyclic) bond motifs is 3. The minimum Gasteiger partial charge on any atom is -0.477 e. The molecule has 9 heteroatoms. The first-order chi connectivity index (χ1) is 15.6. The molecule has 2 aromatic carbocycles. The van der Waals surface area contributed by atoms with Crippen molar-refractivity contribution in [1.29, 1.82) is 0 Å². The first-order valence-corrected chi connectivity index (χ1v) is 10.6. The number of nitrogens with one attached hydrogen (secondary N) is 2. The Kier molecular flexibility index (Phi) is 7.30. The van der Waals surface area contributed by atoms with Gasteiger partial charge in [-0.15, -0.1) is 0 Å². The molecule has 1 aliphatic rings. The van der Waals surface area contributed by atoms with Crippen molar-refractivity contribution in [3.8, 4) is 11.1 Å². The van der Waals surface area contributed by atoms with E-state index in [1.54, 1.807) is 13.8 Å². The third kappa shape index (κ3) is 5.66. The largest absolute Gasteiger partial charge is 0.477 e. The van der Waals surface area contributed by atoms with Gasteiger partial charge in [0.2, 0.25) is 5.91 Å². The zero-order valence-corrected chi connectivity index (χ0v) is 18.3. The molecule has 33 heavy (non-hydrogen) atoms. The van der Waals surface area contributed by atoms with Crippen molar-refractivity contribution in [2.75, 3.05) is 13.2 Å². The number of carboxylic acids is 1. The van der Waals surface area contributed by atoms with Crippen LogP contribution in [0.4, 0.5) is 13.6 Å². The SMILES string of the molecule is CC(C)CC(NC(=O)OCC1c2ccccc2-c2ccccc21)C(=O)NCC(F)(F)C(=O)O. The summed E-state index contributed by atoms with van der Waals surface area (Å²) in [6, 6.07) is 14.5. The van der Waals surface area contributed by atoms with Gasteiger partial charge in [-0.25, -0.2) is 9.59 Å². The van der Waals surface area contributed by atoms with Crippen molar-refractivity contribution >= 4 is 18.0 Å². The molecule has 3 rings (SSSR count). The molecule has 0 aliphatic heterocycles. The van der Waals surface area contributed by atoms with Crippen molar-refractivity contribution in [2.45, 2.75) is 38.2 Å². The van der Waals surface area contributed by atoms with Crippen LogP contribution in [-0.2, 0) is 14.3 Å². The molecule has 0 saturated heterocycles. The van der Waals surface area contributed by atoms with Gasteiger partial charge in [-0.1, -0.05) is 62.4 Å². The molecule has 3 N–H and O–H groups in total. The highest BCUT2D eigenvalue weighted by Crippen LogP contribution is 2.44. The van der Waals surface area contributed by atoms with Gasteiger partial charge in [0.1, 0.15) is 12.6 Å². The highest BCUT2D eigenvalue weighted by Gasteiger charge is 2.39. The number of hydrogen-bond donors (Lipinski definition) is 3. The van der Waals surface area contributed by atoms with Crippen LogP contribution in [0.25, 0.3) is 11.1 Å². The molecule has 1 unspecified atom stereocenters. The van der Waals surface area contributed by atoms with E-state index in [1.807, 2.05) is 53.8 Å². The monoisotopic (exact) mass is 460 g/mol. The van der Waals surface area contributed by atoms with Crippen LogP contribution in [0.1, 0.15) is 37.3 Å². The minimum absolute atomic E-state index is 0.0347. The number of halogens is 2. The maximum atomic E-state index is 13.3. The summed E-state index contributed by atoms with van der Waals surface area (Å²) in [6.07, 6.45) is -0.697. The predicted octanol–water partition coefficient (Wildman–Crippen LogP) is 3.78. The van der Waals surface area contributed by atoms with E-state index in [2.05, 4.69) is 5.32 Å². The molecule has 0 aromatic heterocycles. The van der Waals surface area contributed by atoms with E-state index in [0.29, 0.717) is 0 Å². The van der Waals surface area contributed by atoms with Crippen LogP contribution < -0.4 is 10.6 Å². The number of hydrogen-bond acceptors (Lipinski definition) is 4. The number of carbonyl (C=O) groups is 3. The van der Waals surface area contributed by atoms with Gasteiger partial charge in [-0.05, 0) is 34.6 Å². The summed E-state index contributed by atoms with van der Waals surface area (Å²) in [6.45, 7) is 2.26.